The first-order valence-electron chi connectivity index (χ1n) is 2.80. The van der Waals surface area contributed by atoms with Crippen molar-refractivity contribution in [1.82, 2.24) is 0 Å². The summed E-state index contributed by atoms with van der Waals surface area (Å²) in [6.45, 7) is 5.12. The lowest BCUT2D eigenvalue weighted by Crippen LogP contribution is -1.74. The fourth-order valence-electron chi connectivity index (χ4n) is 0.269. The average molecular weight is 168 g/mol. The zero-order chi connectivity index (χ0) is 8.53. The fourth-order valence-corrected chi connectivity index (χ4v) is 0.532. The van der Waals surface area contributed by atoms with Gasteiger partial charge in [0.05, 0.1) is 24.1 Å². The van der Waals surface area contributed by atoms with Crippen molar-refractivity contribution in [3.8, 4) is 0 Å². The van der Waals surface area contributed by atoms with Crippen molar-refractivity contribution in [2.45, 2.75) is 6.92 Å². The van der Waals surface area contributed by atoms with Gasteiger partial charge in [-0.1, -0.05) is 5.73 Å². The Kier molecular flexibility index (Phi) is 6.67. The molecule has 3 heteroatoms. The molecule has 0 aliphatic carbocycles. The van der Waals surface area contributed by atoms with Crippen molar-refractivity contribution in [2.75, 3.05) is 7.11 Å². The molecule has 0 rings (SSSR count). The Morgan fingerprint density at radius 1 is 1.45 bits per heavy atom. The predicted octanol–water partition coefficient (Wildman–Crippen LogP) is 2.37. The molecule has 0 aromatic carbocycles. The highest BCUT2D eigenvalue weighted by Gasteiger charge is 1.86. The highest BCUT2D eigenvalue weighted by Crippen LogP contribution is 2.13. The Bertz CT molecular complexity index is 258. The minimum atomic E-state index is 0.787. The third-order valence-electron chi connectivity index (χ3n) is 0.616. The molecule has 0 saturated carbocycles. The second kappa shape index (κ2) is 7.24. The highest BCUT2D eigenvalue weighted by atomic mass is 32.2. The van der Waals surface area contributed by atoms with E-state index < -0.39 is 0 Å². The van der Waals surface area contributed by atoms with Crippen LogP contribution in [0.25, 0.3) is 0 Å². The van der Waals surface area contributed by atoms with Crippen molar-refractivity contribution in [2.24, 2.45) is 0 Å². The van der Waals surface area contributed by atoms with Gasteiger partial charge >= 0.3 is 0 Å². The Morgan fingerprint density at radius 3 is 2.73 bits per heavy atom. The maximum atomic E-state index is 4.54. The van der Waals surface area contributed by atoms with Gasteiger partial charge in [-0.2, -0.15) is 4.33 Å². The number of rotatable bonds is 3. The normalized spacial score (nSPS) is 7.09. The van der Waals surface area contributed by atoms with Crippen LogP contribution in [-0.2, 0) is 9.22 Å². The quantitative estimate of drug-likeness (QED) is 0.279. The topological polar surface area (TPSA) is 18.5 Å². The van der Waals surface area contributed by atoms with Crippen LogP contribution in [0.2, 0.25) is 0 Å². The third-order valence-corrected chi connectivity index (χ3v) is 1.17. The first-order chi connectivity index (χ1) is 5.31. The molecule has 0 N–H and O–H groups in total. The van der Waals surface area contributed by atoms with Crippen LogP contribution in [-0.4, -0.2) is 7.11 Å². The van der Waals surface area contributed by atoms with Gasteiger partial charge < -0.3 is 0 Å². The van der Waals surface area contributed by atoms with E-state index >= 15 is 0 Å². The molecule has 11 heavy (non-hydrogen) atoms. The van der Waals surface area contributed by atoms with E-state index in [2.05, 4.69) is 38.7 Å². The van der Waals surface area contributed by atoms with Crippen LogP contribution in [0.5, 0.6) is 0 Å². The molecule has 0 aliphatic heterocycles. The van der Waals surface area contributed by atoms with E-state index in [1.165, 1.54) is 7.11 Å². The van der Waals surface area contributed by atoms with E-state index in [1.54, 1.807) is 6.92 Å². The standard InChI is InChI=1S/C8H8O2S/c1-4-5-6-7-8(2)11-10-9-3/h1H2,2-3H3. The highest BCUT2D eigenvalue weighted by molar-refractivity contribution is 7.98. The van der Waals surface area contributed by atoms with Crippen LogP contribution in [0.1, 0.15) is 6.92 Å². The van der Waals surface area contributed by atoms with Crippen molar-refractivity contribution in [1.29, 1.82) is 0 Å². The zero-order valence-electron chi connectivity index (χ0n) is 6.43. The van der Waals surface area contributed by atoms with Gasteiger partial charge in [-0.25, -0.2) is 4.89 Å². The number of hydrogen-bond donors (Lipinski definition) is 0. The molecular weight excluding hydrogens is 160 g/mol. The van der Waals surface area contributed by atoms with Gasteiger partial charge in [0.2, 0.25) is 0 Å². The third kappa shape index (κ3) is 7.02. The van der Waals surface area contributed by atoms with Crippen LogP contribution >= 0.6 is 12.0 Å². The van der Waals surface area contributed by atoms with Gasteiger partial charge in [-0.05, 0) is 30.7 Å². The van der Waals surface area contributed by atoms with E-state index in [0.29, 0.717) is 0 Å². The molecule has 0 heterocycles. The minimum Gasteiger partial charge on any atom is -0.227 e. The van der Waals surface area contributed by atoms with Crippen molar-refractivity contribution < 1.29 is 9.22 Å². The summed E-state index contributed by atoms with van der Waals surface area (Å²) in [5, 5.41) is 0. The largest absolute Gasteiger partial charge is 0.227 e. The van der Waals surface area contributed by atoms with Gasteiger partial charge in [0.1, 0.15) is 0 Å². The van der Waals surface area contributed by atoms with Gasteiger partial charge in [0.25, 0.3) is 0 Å². The Morgan fingerprint density at radius 2 is 2.18 bits per heavy atom. The Labute approximate surface area is 70.3 Å². The predicted molar refractivity (Wildman–Crippen MR) is 44.6 cm³/mol. The molecule has 0 amide bonds. The Balaban J connectivity index is 4.22. The smallest absolute Gasteiger partial charge is 0.0726 e. The molecule has 0 aliphatic rings. The van der Waals surface area contributed by atoms with E-state index in [9.17, 15) is 0 Å². The number of allylic oxidation sites excluding steroid dienone is 1. The zero-order valence-corrected chi connectivity index (χ0v) is 7.25. The summed E-state index contributed by atoms with van der Waals surface area (Å²) in [4.78, 5) is 5.13. The monoisotopic (exact) mass is 168 g/mol. The summed E-state index contributed by atoms with van der Waals surface area (Å²) < 4.78 is 4.54. The first-order valence-corrected chi connectivity index (χ1v) is 3.54. The van der Waals surface area contributed by atoms with E-state index in [-0.39, 0.29) is 0 Å². The lowest BCUT2D eigenvalue weighted by Gasteiger charge is -1.91. The molecule has 0 bridgehead atoms. The summed E-state index contributed by atoms with van der Waals surface area (Å²) >= 11 is 1.06. The molecule has 0 aromatic rings. The van der Waals surface area contributed by atoms with E-state index in [4.69, 9.17) is 0 Å². The molecule has 0 spiro atoms. The van der Waals surface area contributed by atoms with Crippen LogP contribution < -0.4 is 0 Å². The fraction of sp³-hybridized carbons (Fsp3) is 0.250. The summed E-state index contributed by atoms with van der Waals surface area (Å²) in [5.41, 5.74) is 10.2. The average Bonchev–Trinajstić information content (AvgIpc) is 2.01. The second-order valence-electron chi connectivity index (χ2n) is 1.43. The lowest BCUT2D eigenvalue weighted by atomic mass is 10.6. The van der Waals surface area contributed by atoms with Crippen molar-refractivity contribution in [3.63, 3.8) is 0 Å². The molecule has 58 valence electrons. The summed E-state index contributed by atoms with van der Waals surface area (Å²) in [5.74, 6) is 0. The van der Waals surface area contributed by atoms with Crippen molar-refractivity contribution in [3.05, 3.63) is 34.4 Å². The van der Waals surface area contributed by atoms with Crippen LogP contribution in [0, 0.1) is 0 Å². The first kappa shape index (κ1) is 10.1. The summed E-state index contributed by atoms with van der Waals surface area (Å²) in [6, 6.07) is 0. The summed E-state index contributed by atoms with van der Waals surface area (Å²) in [6.07, 6.45) is 0. The lowest BCUT2D eigenvalue weighted by molar-refractivity contribution is -0.159. The molecule has 0 fully saturated rings. The van der Waals surface area contributed by atoms with Gasteiger partial charge in [-0.15, -0.1) is 0 Å². The molecule has 0 aromatic heterocycles. The van der Waals surface area contributed by atoms with Crippen molar-refractivity contribution >= 4 is 12.0 Å². The van der Waals surface area contributed by atoms with Gasteiger partial charge in [-0.3, -0.25) is 0 Å². The maximum Gasteiger partial charge on any atom is 0.0726 e. The molecule has 2 nitrogen and oxygen atoms in total. The number of hydrogen-bond acceptors (Lipinski definition) is 3. The molecular formula is C8H8O2S. The maximum absolute atomic E-state index is 4.54. The minimum absolute atomic E-state index is 0.787. The molecule has 0 atom stereocenters. The van der Waals surface area contributed by atoms with E-state index in [1.807, 2.05) is 0 Å². The van der Waals surface area contributed by atoms with Gasteiger partial charge in [0, 0.05) is 0 Å². The summed E-state index contributed by atoms with van der Waals surface area (Å²) in [7, 11) is 1.43. The van der Waals surface area contributed by atoms with E-state index in [0.717, 1.165) is 16.9 Å². The van der Waals surface area contributed by atoms with Crippen LogP contribution in [0.3, 0.4) is 0 Å². The SMILES string of the molecule is C=C=C=C=C=C(C)SOOC. The van der Waals surface area contributed by atoms with Crippen LogP contribution in [0.4, 0.5) is 0 Å². The Hall–Kier alpha value is -0.870. The van der Waals surface area contributed by atoms with Gasteiger partial charge in [0.15, 0.2) is 0 Å². The molecule has 0 unspecified atom stereocenters. The molecule has 0 radical (unpaired) electrons. The molecule has 0 saturated heterocycles. The van der Waals surface area contributed by atoms with Crippen LogP contribution in [0.15, 0.2) is 34.4 Å². The second-order valence-corrected chi connectivity index (χ2v) is 2.34.